The number of fused-ring (bicyclic) bond motifs is 1. The first-order valence-electron chi connectivity index (χ1n) is 10.8. The first-order chi connectivity index (χ1) is 16.5. The SMILES string of the molecule is COCCCc1ccc(C#Cc2ccc(C#Cc3ccc4c(F)c(F)ccc4c3)cc2)c(F)c1. The number of ether oxygens (including phenoxy) is 1. The van der Waals surface area contributed by atoms with Crippen molar-refractivity contribution in [3.05, 3.63) is 118 Å². The molecule has 4 heteroatoms. The highest BCUT2D eigenvalue weighted by Crippen LogP contribution is 2.21. The first-order valence-corrected chi connectivity index (χ1v) is 10.8. The van der Waals surface area contributed by atoms with Crippen molar-refractivity contribution in [2.24, 2.45) is 0 Å². The van der Waals surface area contributed by atoms with Crippen molar-refractivity contribution in [2.75, 3.05) is 13.7 Å². The highest BCUT2D eigenvalue weighted by Gasteiger charge is 2.06. The molecule has 0 fully saturated rings. The summed E-state index contributed by atoms with van der Waals surface area (Å²) in [6.07, 6.45) is 1.60. The molecule has 0 aliphatic carbocycles. The number of aryl methyl sites for hydroxylation is 1. The second-order valence-electron chi connectivity index (χ2n) is 7.79. The van der Waals surface area contributed by atoms with Gasteiger partial charge in [0.2, 0.25) is 0 Å². The summed E-state index contributed by atoms with van der Waals surface area (Å²) in [7, 11) is 1.65. The van der Waals surface area contributed by atoms with Crippen LogP contribution in [0.25, 0.3) is 10.8 Å². The average molecular weight is 454 g/mol. The largest absolute Gasteiger partial charge is 0.385 e. The van der Waals surface area contributed by atoms with Crippen molar-refractivity contribution in [1.82, 2.24) is 0 Å². The predicted molar refractivity (Wildman–Crippen MR) is 129 cm³/mol. The second-order valence-corrected chi connectivity index (χ2v) is 7.79. The van der Waals surface area contributed by atoms with Gasteiger partial charge in [-0.15, -0.1) is 0 Å². The van der Waals surface area contributed by atoms with Crippen molar-refractivity contribution >= 4 is 10.8 Å². The molecule has 0 radical (unpaired) electrons. The van der Waals surface area contributed by atoms with E-state index in [0.717, 1.165) is 35.6 Å². The molecular weight excluding hydrogens is 433 g/mol. The molecule has 4 aromatic carbocycles. The Kier molecular flexibility index (Phi) is 7.33. The zero-order valence-electron chi connectivity index (χ0n) is 18.6. The van der Waals surface area contributed by atoms with Crippen LogP contribution in [0.4, 0.5) is 13.2 Å². The van der Waals surface area contributed by atoms with Crippen LogP contribution in [0.15, 0.2) is 72.8 Å². The van der Waals surface area contributed by atoms with Crippen molar-refractivity contribution in [1.29, 1.82) is 0 Å². The number of methoxy groups -OCH3 is 1. The quantitative estimate of drug-likeness (QED) is 0.248. The van der Waals surface area contributed by atoms with Crippen molar-refractivity contribution < 1.29 is 17.9 Å². The van der Waals surface area contributed by atoms with E-state index in [0.29, 0.717) is 23.1 Å². The van der Waals surface area contributed by atoms with E-state index in [9.17, 15) is 13.2 Å². The van der Waals surface area contributed by atoms with Gasteiger partial charge < -0.3 is 4.74 Å². The Morgan fingerprint density at radius 1 is 0.676 bits per heavy atom. The third kappa shape index (κ3) is 5.67. The molecule has 0 aliphatic rings. The van der Waals surface area contributed by atoms with Gasteiger partial charge in [-0.2, -0.15) is 0 Å². The van der Waals surface area contributed by atoms with Crippen LogP contribution in [0, 0.1) is 41.1 Å². The van der Waals surface area contributed by atoms with E-state index in [-0.39, 0.29) is 11.2 Å². The molecule has 0 aromatic heterocycles. The minimum atomic E-state index is -0.868. The summed E-state index contributed by atoms with van der Waals surface area (Å²) in [5.74, 6) is 9.90. The van der Waals surface area contributed by atoms with E-state index in [1.165, 1.54) is 18.2 Å². The molecule has 1 nitrogen and oxygen atoms in total. The van der Waals surface area contributed by atoms with Crippen LogP contribution in [-0.4, -0.2) is 13.7 Å². The molecule has 0 spiro atoms. The van der Waals surface area contributed by atoms with Crippen LogP contribution in [0.1, 0.15) is 34.2 Å². The Morgan fingerprint density at radius 2 is 1.35 bits per heavy atom. The van der Waals surface area contributed by atoms with E-state index in [4.69, 9.17) is 4.74 Å². The fourth-order valence-corrected chi connectivity index (χ4v) is 3.50. The highest BCUT2D eigenvalue weighted by molar-refractivity contribution is 5.84. The molecule has 0 saturated heterocycles. The minimum absolute atomic E-state index is 0.227. The van der Waals surface area contributed by atoms with Crippen LogP contribution in [0.3, 0.4) is 0 Å². The molecule has 0 heterocycles. The van der Waals surface area contributed by atoms with Gasteiger partial charge in [0, 0.05) is 35.8 Å². The van der Waals surface area contributed by atoms with Gasteiger partial charge in [0.25, 0.3) is 0 Å². The maximum Gasteiger partial charge on any atom is 0.166 e. The Bertz CT molecular complexity index is 1450. The summed E-state index contributed by atoms with van der Waals surface area (Å²) in [6, 6.07) is 20.0. The Balaban J connectivity index is 1.45. The van der Waals surface area contributed by atoms with Crippen LogP contribution in [0.5, 0.6) is 0 Å². The summed E-state index contributed by atoms with van der Waals surface area (Å²) in [6.45, 7) is 0.646. The zero-order chi connectivity index (χ0) is 23.9. The topological polar surface area (TPSA) is 9.23 Å². The monoisotopic (exact) mass is 454 g/mol. The second kappa shape index (κ2) is 10.8. The lowest BCUT2D eigenvalue weighted by atomic mass is 10.1. The molecule has 0 amide bonds. The normalized spacial score (nSPS) is 10.4. The number of hydrogen-bond acceptors (Lipinski definition) is 1. The Hall–Kier alpha value is -3.99. The molecule has 4 rings (SSSR count). The smallest absolute Gasteiger partial charge is 0.166 e. The fourth-order valence-electron chi connectivity index (χ4n) is 3.50. The summed E-state index contributed by atoms with van der Waals surface area (Å²) in [4.78, 5) is 0. The standard InChI is InChI=1S/C30H21F3O/c1-34-18-2-3-23-11-14-25(29(32)20-23)13-10-22-6-4-21(5-7-22)8-9-24-12-16-27-26(19-24)15-17-28(31)30(27)33/h4-7,11-12,14-17,19-20H,2-3,18H2,1H3. The number of hydrogen-bond donors (Lipinski definition) is 0. The Labute approximate surface area is 197 Å². The van der Waals surface area contributed by atoms with E-state index in [1.807, 2.05) is 30.3 Å². The predicted octanol–water partition coefficient (Wildman–Crippen LogP) is 6.64. The minimum Gasteiger partial charge on any atom is -0.385 e. The fraction of sp³-hybridized carbons (Fsp3) is 0.133. The zero-order valence-corrected chi connectivity index (χ0v) is 18.6. The lowest BCUT2D eigenvalue weighted by molar-refractivity contribution is 0.195. The van der Waals surface area contributed by atoms with Crippen LogP contribution >= 0.6 is 0 Å². The highest BCUT2D eigenvalue weighted by atomic mass is 19.2. The van der Waals surface area contributed by atoms with Gasteiger partial charge in [-0.1, -0.05) is 41.9 Å². The lowest BCUT2D eigenvalue weighted by Gasteiger charge is -2.02. The summed E-state index contributed by atoms with van der Waals surface area (Å²) >= 11 is 0. The maximum absolute atomic E-state index is 14.3. The lowest BCUT2D eigenvalue weighted by Crippen LogP contribution is -1.94. The molecule has 168 valence electrons. The molecule has 0 atom stereocenters. The van der Waals surface area contributed by atoms with Gasteiger partial charge >= 0.3 is 0 Å². The van der Waals surface area contributed by atoms with Crippen molar-refractivity contribution in [3.8, 4) is 23.7 Å². The molecule has 0 bridgehead atoms. The number of halogens is 3. The average Bonchev–Trinajstić information content (AvgIpc) is 2.85. The van der Waals surface area contributed by atoms with Crippen LogP contribution in [0.2, 0.25) is 0 Å². The number of benzene rings is 4. The summed E-state index contributed by atoms with van der Waals surface area (Å²) < 4.78 is 46.6. The van der Waals surface area contributed by atoms with Crippen LogP contribution in [-0.2, 0) is 11.2 Å². The Morgan fingerprint density at radius 3 is 2.06 bits per heavy atom. The summed E-state index contributed by atoms with van der Waals surface area (Å²) in [5, 5.41) is 0.817. The summed E-state index contributed by atoms with van der Waals surface area (Å²) in [5.41, 5.74) is 3.50. The van der Waals surface area contributed by atoms with Gasteiger partial charge in [0.15, 0.2) is 11.6 Å². The van der Waals surface area contributed by atoms with E-state index in [1.54, 1.807) is 25.3 Å². The van der Waals surface area contributed by atoms with Gasteiger partial charge in [-0.05, 0) is 78.4 Å². The van der Waals surface area contributed by atoms with E-state index >= 15 is 0 Å². The van der Waals surface area contributed by atoms with Gasteiger partial charge in [-0.25, -0.2) is 13.2 Å². The van der Waals surface area contributed by atoms with Crippen LogP contribution < -0.4 is 0 Å². The maximum atomic E-state index is 14.3. The van der Waals surface area contributed by atoms with Gasteiger partial charge in [0.1, 0.15) is 5.82 Å². The third-order valence-electron chi connectivity index (χ3n) is 5.33. The van der Waals surface area contributed by atoms with Crippen molar-refractivity contribution in [3.63, 3.8) is 0 Å². The molecule has 0 N–H and O–H groups in total. The third-order valence-corrected chi connectivity index (χ3v) is 5.33. The molecule has 0 unspecified atom stereocenters. The van der Waals surface area contributed by atoms with Gasteiger partial charge in [-0.3, -0.25) is 0 Å². The van der Waals surface area contributed by atoms with E-state index in [2.05, 4.69) is 23.7 Å². The number of rotatable bonds is 4. The molecule has 0 saturated carbocycles. The molecule has 34 heavy (non-hydrogen) atoms. The van der Waals surface area contributed by atoms with E-state index < -0.39 is 11.6 Å². The first kappa shape index (κ1) is 23.2. The van der Waals surface area contributed by atoms with Crippen molar-refractivity contribution in [2.45, 2.75) is 12.8 Å². The molecule has 0 aliphatic heterocycles. The molecular formula is C30H21F3O. The molecule has 4 aromatic rings. The van der Waals surface area contributed by atoms with Gasteiger partial charge in [0.05, 0.1) is 5.56 Å².